The molecule has 0 saturated carbocycles. The Hall–Kier alpha value is -2.47. The van der Waals surface area contributed by atoms with Gasteiger partial charge in [0.15, 0.2) is 0 Å². The first-order valence-electron chi connectivity index (χ1n) is 10.5. The Labute approximate surface area is 172 Å². The van der Waals surface area contributed by atoms with Gasteiger partial charge in [0.05, 0.1) is 11.7 Å². The van der Waals surface area contributed by atoms with Crippen molar-refractivity contribution in [3.63, 3.8) is 0 Å². The van der Waals surface area contributed by atoms with Crippen molar-refractivity contribution in [3.05, 3.63) is 77.2 Å². The van der Waals surface area contributed by atoms with Crippen molar-refractivity contribution in [2.45, 2.75) is 38.9 Å². The molecule has 1 aromatic heterocycles. The number of nitrogens with zero attached hydrogens (tertiary/aromatic N) is 2. The Morgan fingerprint density at radius 1 is 1.00 bits per heavy atom. The first-order chi connectivity index (χ1) is 14.2. The van der Waals surface area contributed by atoms with Gasteiger partial charge in [0.2, 0.25) is 0 Å². The number of fused-ring (bicyclic) bond motifs is 1. The lowest BCUT2D eigenvalue weighted by Gasteiger charge is -2.36. The summed E-state index contributed by atoms with van der Waals surface area (Å²) in [7, 11) is 0. The quantitative estimate of drug-likeness (QED) is 0.708. The van der Waals surface area contributed by atoms with Crippen molar-refractivity contribution in [1.29, 1.82) is 0 Å². The predicted octanol–water partition coefficient (Wildman–Crippen LogP) is 4.00. The molecule has 150 valence electrons. The van der Waals surface area contributed by atoms with Crippen molar-refractivity contribution < 1.29 is 4.52 Å². The van der Waals surface area contributed by atoms with E-state index in [0.29, 0.717) is 18.0 Å². The third kappa shape index (κ3) is 3.62. The SMILES string of the molecule is Cc1noc(C)c1CN1CCC2NNC(c3ccc(-c4ccccc4)cc3)C2C1. The average Bonchev–Trinajstić information content (AvgIpc) is 3.33. The van der Waals surface area contributed by atoms with Crippen LogP contribution in [0.3, 0.4) is 0 Å². The van der Waals surface area contributed by atoms with Crippen molar-refractivity contribution >= 4 is 0 Å². The molecule has 29 heavy (non-hydrogen) atoms. The molecule has 2 aliphatic rings. The monoisotopic (exact) mass is 388 g/mol. The second-order valence-corrected chi connectivity index (χ2v) is 8.35. The molecule has 5 heteroatoms. The van der Waals surface area contributed by atoms with Crippen LogP contribution in [0.15, 0.2) is 59.1 Å². The summed E-state index contributed by atoms with van der Waals surface area (Å²) in [5.74, 6) is 1.49. The first-order valence-corrected chi connectivity index (χ1v) is 10.5. The number of benzene rings is 2. The molecule has 5 nitrogen and oxygen atoms in total. The second-order valence-electron chi connectivity index (χ2n) is 8.35. The summed E-state index contributed by atoms with van der Waals surface area (Å²) in [5, 5.41) is 4.12. The maximum absolute atomic E-state index is 5.36. The highest BCUT2D eigenvalue weighted by Crippen LogP contribution is 2.35. The van der Waals surface area contributed by atoms with Gasteiger partial charge in [-0.25, -0.2) is 5.43 Å². The fraction of sp³-hybridized carbons (Fsp3) is 0.375. The number of likely N-dealkylation sites (tertiary alicyclic amines) is 1. The van der Waals surface area contributed by atoms with Crippen molar-refractivity contribution in [1.82, 2.24) is 20.9 Å². The molecule has 3 aromatic rings. The van der Waals surface area contributed by atoms with E-state index >= 15 is 0 Å². The lowest BCUT2D eigenvalue weighted by molar-refractivity contribution is 0.147. The van der Waals surface area contributed by atoms with Gasteiger partial charge in [-0.1, -0.05) is 59.8 Å². The molecule has 2 fully saturated rings. The molecule has 2 aromatic carbocycles. The first kappa shape index (κ1) is 18.6. The number of aromatic nitrogens is 1. The number of hydrogen-bond acceptors (Lipinski definition) is 5. The molecule has 3 heterocycles. The minimum Gasteiger partial charge on any atom is -0.361 e. The highest BCUT2D eigenvalue weighted by atomic mass is 16.5. The van der Waals surface area contributed by atoms with Crippen molar-refractivity contribution in [2.24, 2.45) is 5.92 Å². The summed E-state index contributed by atoms with van der Waals surface area (Å²) in [6, 6.07) is 20.4. The highest BCUT2D eigenvalue weighted by Gasteiger charge is 2.40. The topological polar surface area (TPSA) is 53.3 Å². The molecule has 5 rings (SSSR count). The summed E-state index contributed by atoms with van der Waals surface area (Å²) in [5.41, 5.74) is 13.2. The van der Waals surface area contributed by atoms with Gasteiger partial charge in [-0.3, -0.25) is 10.3 Å². The van der Waals surface area contributed by atoms with Crippen LogP contribution in [0.1, 0.15) is 35.0 Å². The van der Waals surface area contributed by atoms with Crippen LogP contribution in [0.25, 0.3) is 11.1 Å². The van der Waals surface area contributed by atoms with Crippen LogP contribution >= 0.6 is 0 Å². The lowest BCUT2D eigenvalue weighted by Crippen LogP contribution is -2.45. The summed E-state index contributed by atoms with van der Waals surface area (Å²) in [6.07, 6.45) is 1.15. The van der Waals surface area contributed by atoms with Crippen LogP contribution in [0.4, 0.5) is 0 Å². The predicted molar refractivity (Wildman–Crippen MR) is 114 cm³/mol. The maximum atomic E-state index is 5.36. The molecule has 2 saturated heterocycles. The third-order valence-electron chi connectivity index (χ3n) is 6.53. The van der Waals surface area contributed by atoms with Gasteiger partial charge < -0.3 is 4.52 Å². The van der Waals surface area contributed by atoms with Crippen LogP contribution in [-0.4, -0.2) is 29.2 Å². The van der Waals surface area contributed by atoms with Crippen molar-refractivity contribution in [2.75, 3.05) is 13.1 Å². The molecule has 2 N–H and O–H groups in total. The van der Waals surface area contributed by atoms with E-state index in [2.05, 4.69) is 75.5 Å². The number of hydrogen-bond donors (Lipinski definition) is 2. The molecule has 3 unspecified atom stereocenters. The Morgan fingerprint density at radius 2 is 1.76 bits per heavy atom. The summed E-state index contributed by atoms with van der Waals surface area (Å²) < 4.78 is 5.36. The van der Waals surface area contributed by atoms with Gasteiger partial charge in [-0.2, -0.15) is 0 Å². The third-order valence-corrected chi connectivity index (χ3v) is 6.53. The van der Waals surface area contributed by atoms with E-state index in [4.69, 9.17) is 4.52 Å². The Kier molecular flexibility index (Phi) is 4.96. The van der Waals surface area contributed by atoms with E-state index in [1.165, 1.54) is 22.3 Å². The van der Waals surface area contributed by atoms with Crippen LogP contribution in [0, 0.1) is 19.8 Å². The number of rotatable bonds is 4. The molecular weight excluding hydrogens is 360 g/mol. The summed E-state index contributed by atoms with van der Waals surface area (Å²) in [6.45, 7) is 7.13. The largest absolute Gasteiger partial charge is 0.361 e. The standard InChI is InChI=1S/C24H28N4O/c1-16-21(17(2)29-27-16)14-28-13-12-23-22(15-28)24(26-25-23)20-10-8-19(9-11-20)18-6-4-3-5-7-18/h3-11,22-26H,12-15H2,1-2H3. The van der Waals surface area contributed by atoms with Gasteiger partial charge >= 0.3 is 0 Å². The maximum Gasteiger partial charge on any atom is 0.138 e. The van der Waals surface area contributed by atoms with E-state index in [1.807, 2.05) is 13.8 Å². The van der Waals surface area contributed by atoms with Gasteiger partial charge in [0.1, 0.15) is 5.76 Å². The Morgan fingerprint density at radius 3 is 2.48 bits per heavy atom. The van der Waals surface area contributed by atoms with E-state index in [0.717, 1.165) is 37.5 Å². The molecule has 3 atom stereocenters. The summed E-state index contributed by atoms with van der Waals surface area (Å²) in [4.78, 5) is 2.55. The van der Waals surface area contributed by atoms with Crippen LogP contribution in [-0.2, 0) is 6.54 Å². The fourth-order valence-corrected chi connectivity index (χ4v) is 4.81. The van der Waals surface area contributed by atoms with Crippen molar-refractivity contribution in [3.8, 4) is 11.1 Å². The zero-order valence-electron chi connectivity index (χ0n) is 17.1. The van der Waals surface area contributed by atoms with Crippen LogP contribution in [0.5, 0.6) is 0 Å². The lowest BCUT2D eigenvalue weighted by atomic mass is 9.84. The average molecular weight is 389 g/mol. The molecule has 0 bridgehead atoms. The number of aryl methyl sites for hydroxylation is 2. The van der Waals surface area contributed by atoms with Crippen LogP contribution < -0.4 is 10.9 Å². The summed E-state index contributed by atoms with van der Waals surface area (Å²) >= 11 is 0. The molecule has 0 spiro atoms. The Bertz CT molecular complexity index is 947. The minimum atomic E-state index is 0.331. The number of piperidine rings is 1. The zero-order chi connectivity index (χ0) is 19.8. The van der Waals surface area contributed by atoms with E-state index < -0.39 is 0 Å². The normalized spacial score (nSPS) is 24.6. The van der Waals surface area contributed by atoms with Gasteiger partial charge in [0, 0.05) is 37.2 Å². The Balaban J connectivity index is 1.31. The molecular formula is C24H28N4O. The smallest absolute Gasteiger partial charge is 0.138 e. The molecule has 0 radical (unpaired) electrons. The van der Waals surface area contributed by atoms with Gasteiger partial charge in [-0.05, 0) is 37.0 Å². The van der Waals surface area contributed by atoms with Gasteiger partial charge in [-0.15, -0.1) is 0 Å². The number of nitrogens with one attached hydrogen (secondary N) is 2. The highest BCUT2D eigenvalue weighted by molar-refractivity contribution is 5.63. The van der Waals surface area contributed by atoms with E-state index in [9.17, 15) is 0 Å². The second kappa shape index (κ2) is 7.75. The minimum absolute atomic E-state index is 0.331. The van der Waals surface area contributed by atoms with E-state index in [-0.39, 0.29) is 0 Å². The molecule has 0 amide bonds. The molecule has 2 aliphatic heterocycles. The zero-order valence-corrected chi connectivity index (χ0v) is 17.1. The fourth-order valence-electron chi connectivity index (χ4n) is 4.81. The van der Waals surface area contributed by atoms with Gasteiger partial charge in [0.25, 0.3) is 0 Å². The number of hydrazine groups is 1. The molecule has 0 aliphatic carbocycles. The van der Waals surface area contributed by atoms with Crippen LogP contribution in [0.2, 0.25) is 0 Å². The van der Waals surface area contributed by atoms with E-state index in [1.54, 1.807) is 0 Å².